The van der Waals surface area contributed by atoms with Gasteiger partial charge in [-0.05, 0) is 68.7 Å². The quantitative estimate of drug-likeness (QED) is 0.0693. The number of nitrogens with one attached hydrogen (secondary N) is 4. The third-order valence-electron chi connectivity index (χ3n) is 10.3. The number of carbonyl (C=O) groups is 2. The van der Waals surface area contributed by atoms with Crippen LogP contribution < -0.4 is 26.0 Å². The highest BCUT2D eigenvalue weighted by Crippen LogP contribution is 2.43. The molecule has 1 saturated heterocycles. The summed E-state index contributed by atoms with van der Waals surface area (Å²) in [5.74, 6) is -0.142. The molecule has 1 aliphatic heterocycles. The Morgan fingerprint density at radius 1 is 1.02 bits per heavy atom. The second-order valence-corrected chi connectivity index (χ2v) is 16.1. The van der Waals surface area contributed by atoms with Gasteiger partial charge in [-0.2, -0.15) is 8.78 Å². The molecule has 1 saturated carbocycles. The monoisotopic (exact) mass is 823 g/mol. The fourth-order valence-corrected chi connectivity index (χ4v) is 8.94. The van der Waals surface area contributed by atoms with Crippen molar-refractivity contribution < 1.29 is 28.2 Å². The van der Waals surface area contributed by atoms with Crippen molar-refractivity contribution in [3.05, 3.63) is 80.9 Å². The number of thiazole rings is 1. The molecule has 1 atom stereocenters. The van der Waals surface area contributed by atoms with E-state index in [0.29, 0.717) is 92.6 Å². The number of ether oxygens (including phenoxy) is 1. The summed E-state index contributed by atoms with van der Waals surface area (Å²) in [6.07, 6.45) is 6.82. The van der Waals surface area contributed by atoms with E-state index in [1.54, 1.807) is 42.7 Å². The van der Waals surface area contributed by atoms with Crippen molar-refractivity contribution >= 4 is 68.1 Å². The molecule has 5 aromatic rings. The minimum Gasteiger partial charge on any atom is -0.481 e. The van der Waals surface area contributed by atoms with Gasteiger partial charge in [-0.3, -0.25) is 9.59 Å². The van der Waals surface area contributed by atoms with Crippen molar-refractivity contribution in [2.24, 2.45) is 5.92 Å². The van der Waals surface area contributed by atoms with E-state index < -0.39 is 12.6 Å². The van der Waals surface area contributed by atoms with E-state index in [9.17, 15) is 18.4 Å². The van der Waals surface area contributed by atoms with E-state index in [-0.39, 0.29) is 36.7 Å². The Morgan fingerprint density at radius 2 is 1.77 bits per heavy atom. The Hall–Kier alpha value is -4.47. The molecule has 56 heavy (non-hydrogen) atoms. The van der Waals surface area contributed by atoms with Crippen LogP contribution in [-0.2, 0) is 22.7 Å². The van der Waals surface area contributed by atoms with Gasteiger partial charge in [-0.15, -0.1) is 11.3 Å². The molecular weight excluding hydrogens is 783 g/mol. The SMILES string of the molecule is Cc1cc(-c2cccc(-c3cccc(Nc4nccc5sc(CNC6CCC(CC(=O)O)CC6)nc45)c3Cl)c2Cl)nc(OC(F)F)c1CNC[C@@H]1CCC(=O)N1. The maximum Gasteiger partial charge on any atom is 0.388 e. The molecule has 7 rings (SSSR count). The van der Waals surface area contributed by atoms with Crippen molar-refractivity contribution in [2.75, 3.05) is 11.9 Å². The number of halogens is 4. The first kappa shape index (κ1) is 39.8. The molecule has 0 spiro atoms. The molecule has 1 aliphatic carbocycles. The van der Waals surface area contributed by atoms with Crippen LogP contribution in [0.1, 0.15) is 61.1 Å². The van der Waals surface area contributed by atoms with Crippen LogP contribution in [-0.4, -0.2) is 57.2 Å². The van der Waals surface area contributed by atoms with Gasteiger partial charge in [0.1, 0.15) is 10.5 Å². The number of fused-ring (bicyclic) bond motifs is 1. The summed E-state index contributed by atoms with van der Waals surface area (Å²) < 4.78 is 33.1. The van der Waals surface area contributed by atoms with E-state index in [0.717, 1.165) is 35.4 Å². The number of benzene rings is 2. The van der Waals surface area contributed by atoms with Gasteiger partial charge in [0.05, 0.1) is 26.1 Å². The zero-order valence-corrected chi connectivity index (χ0v) is 32.8. The number of carboxylic acid groups (broad SMARTS) is 1. The molecule has 0 bridgehead atoms. The smallest absolute Gasteiger partial charge is 0.388 e. The van der Waals surface area contributed by atoms with E-state index in [2.05, 4.69) is 31.2 Å². The van der Waals surface area contributed by atoms with Crippen molar-refractivity contribution in [3.63, 3.8) is 0 Å². The van der Waals surface area contributed by atoms with Crippen LogP contribution in [0.5, 0.6) is 5.88 Å². The normalized spacial score (nSPS) is 18.4. The molecule has 0 unspecified atom stereocenters. The van der Waals surface area contributed by atoms with Crippen LogP contribution in [0, 0.1) is 12.8 Å². The number of carbonyl (C=O) groups excluding carboxylic acids is 1. The van der Waals surface area contributed by atoms with Crippen LogP contribution in [0.4, 0.5) is 20.3 Å². The van der Waals surface area contributed by atoms with Gasteiger partial charge in [0.15, 0.2) is 5.82 Å². The Balaban J connectivity index is 1.09. The number of aliphatic carboxylic acids is 1. The van der Waals surface area contributed by atoms with E-state index >= 15 is 0 Å². The number of rotatable bonds is 15. The number of aryl methyl sites for hydroxylation is 1. The number of aromatic nitrogens is 3. The average molecular weight is 825 g/mol. The largest absolute Gasteiger partial charge is 0.481 e. The second kappa shape index (κ2) is 17.8. The fourth-order valence-electron chi connectivity index (χ4n) is 7.43. The maximum atomic E-state index is 13.6. The highest BCUT2D eigenvalue weighted by Gasteiger charge is 2.25. The molecule has 0 radical (unpaired) electrons. The third-order valence-corrected chi connectivity index (χ3v) is 12.1. The van der Waals surface area contributed by atoms with E-state index in [1.807, 2.05) is 30.3 Å². The van der Waals surface area contributed by atoms with Gasteiger partial charge in [0, 0.05) is 73.0 Å². The minimum absolute atomic E-state index is 0.000252. The predicted molar refractivity (Wildman–Crippen MR) is 215 cm³/mol. The van der Waals surface area contributed by atoms with Crippen LogP contribution in [0.25, 0.3) is 32.6 Å². The molecule has 5 N–H and O–H groups in total. The van der Waals surface area contributed by atoms with Crippen LogP contribution in [0.3, 0.4) is 0 Å². The lowest BCUT2D eigenvalue weighted by molar-refractivity contribution is -0.138. The van der Waals surface area contributed by atoms with E-state index in [4.69, 9.17) is 38.0 Å². The average Bonchev–Trinajstić information content (AvgIpc) is 3.79. The first-order chi connectivity index (χ1) is 27.0. The highest BCUT2D eigenvalue weighted by molar-refractivity contribution is 7.18. The summed E-state index contributed by atoms with van der Waals surface area (Å²) in [6, 6.07) is 14.9. The Morgan fingerprint density at radius 3 is 2.50 bits per heavy atom. The summed E-state index contributed by atoms with van der Waals surface area (Å²) in [5.41, 5.74) is 4.59. The Bertz CT molecular complexity index is 2230. The molecule has 16 heteroatoms. The number of amides is 1. The van der Waals surface area contributed by atoms with Gasteiger partial charge in [-0.1, -0.05) is 53.5 Å². The van der Waals surface area contributed by atoms with E-state index in [1.165, 1.54) is 0 Å². The van der Waals surface area contributed by atoms with Crippen LogP contribution in [0.2, 0.25) is 10.0 Å². The standard InChI is InChI=1S/C40H41Cl2F2N7O4S/c1-21-16-30(50-39(55-40(43)44)28(21)19-45-18-24-12-13-32(52)48-24)27-6-2-4-25(35(27)41)26-5-3-7-29(36(26)42)49-38-37-31(14-15-46-38)56-33(51-37)20-47-23-10-8-22(9-11-23)17-34(53)54/h2-7,14-16,22-24,40,45,47H,8-13,17-20H2,1H3,(H,46,49)(H,48,52)(H,53,54)/t22?,23?,24-/m0/s1. The Labute approximate surface area is 336 Å². The minimum atomic E-state index is -3.09. The number of pyridine rings is 2. The fraction of sp³-hybridized carbons (Fsp3) is 0.375. The zero-order valence-electron chi connectivity index (χ0n) is 30.5. The Kier molecular flexibility index (Phi) is 12.6. The lowest BCUT2D eigenvalue weighted by atomic mass is 9.84. The van der Waals surface area contributed by atoms with Gasteiger partial charge in [-0.25, -0.2) is 15.0 Å². The number of hydrogen-bond acceptors (Lipinski definition) is 10. The lowest BCUT2D eigenvalue weighted by Crippen LogP contribution is -2.35. The first-order valence-electron chi connectivity index (χ1n) is 18.5. The number of alkyl halides is 2. The lowest BCUT2D eigenvalue weighted by Gasteiger charge is -2.28. The number of hydrogen-bond donors (Lipinski definition) is 5. The number of anilines is 2. The predicted octanol–water partition coefficient (Wildman–Crippen LogP) is 8.87. The molecule has 4 heterocycles. The third kappa shape index (κ3) is 9.38. The van der Waals surface area contributed by atoms with Crippen molar-refractivity contribution in [1.29, 1.82) is 0 Å². The van der Waals surface area contributed by atoms with Crippen molar-refractivity contribution in [2.45, 2.75) is 83.7 Å². The highest BCUT2D eigenvalue weighted by atomic mass is 35.5. The van der Waals surface area contributed by atoms with Gasteiger partial charge in [0.25, 0.3) is 0 Å². The molecule has 2 fully saturated rings. The number of nitrogens with zero attached hydrogens (tertiary/aromatic N) is 3. The first-order valence-corrected chi connectivity index (χ1v) is 20.1. The van der Waals surface area contributed by atoms with Crippen LogP contribution in [0.15, 0.2) is 54.7 Å². The van der Waals surface area contributed by atoms with Gasteiger partial charge in [0.2, 0.25) is 11.8 Å². The van der Waals surface area contributed by atoms with Gasteiger partial charge >= 0.3 is 12.6 Å². The molecule has 11 nitrogen and oxygen atoms in total. The molecule has 1 amide bonds. The number of carboxylic acids is 1. The topological polar surface area (TPSA) is 150 Å². The molecule has 3 aromatic heterocycles. The maximum absolute atomic E-state index is 13.6. The van der Waals surface area contributed by atoms with Crippen molar-refractivity contribution in [1.82, 2.24) is 30.9 Å². The molecular formula is C40H41Cl2F2N7O4S. The zero-order chi connectivity index (χ0) is 39.3. The summed E-state index contributed by atoms with van der Waals surface area (Å²) in [5, 5.41) is 23.9. The summed E-state index contributed by atoms with van der Waals surface area (Å²) in [7, 11) is 0. The summed E-state index contributed by atoms with van der Waals surface area (Å²) in [6.45, 7) is 0.0177. The summed E-state index contributed by atoms with van der Waals surface area (Å²) >= 11 is 15.7. The van der Waals surface area contributed by atoms with Gasteiger partial charge < -0.3 is 31.1 Å². The molecule has 2 aliphatic rings. The molecule has 294 valence electrons. The summed E-state index contributed by atoms with van der Waals surface area (Å²) in [4.78, 5) is 36.6. The second-order valence-electron chi connectivity index (χ2n) is 14.2. The van der Waals surface area contributed by atoms with Crippen LogP contribution >= 0.6 is 34.5 Å². The molecule has 2 aromatic carbocycles. The van der Waals surface area contributed by atoms with Crippen molar-refractivity contribution in [3.8, 4) is 28.3 Å².